The third-order valence-corrected chi connectivity index (χ3v) is 7.21. The van der Waals surface area contributed by atoms with Crippen LogP contribution >= 0.6 is 0 Å². The predicted molar refractivity (Wildman–Crippen MR) is 105 cm³/mol. The number of esters is 1. The zero-order valence-electron chi connectivity index (χ0n) is 16.4. The van der Waals surface area contributed by atoms with Crippen LogP contribution in [0.1, 0.15) is 42.1 Å². The first kappa shape index (κ1) is 20.5. The van der Waals surface area contributed by atoms with Crippen molar-refractivity contribution in [1.82, 2.24) is 14.1 Å². The average Bonchev–Trinajstić information content (AvgIpc) is 3.22. The minimum absolute atomic E-state index is 0.276. The molecule has 0 N–H and O–H groups in total. The number of nitrogens with zero attached hydrogens (tertiary/aromatic N) is 3. The van der Waals surface area contributed by atoms with Crippen LogP contribution in [0.5, 0.6) is 0 Å². The highest BCUT2D eigenvalue weighted by Crippen LogP contribution is 2.26. The van der Waals surface area contributed by atoms with Crippen LogP contribution in [0.2, 0.25) is 0 Å². The van der Waals surface area contributed by atoms with Gasteiger partial charge in [0, 0.05) is 25.8 Å². The van der Waals surface area contributed by atoms with Crippen molar-refractivity contribution in [2.24, 2.45) is 5.92 Å². The fraction of sp³-hybridized carbons (Fsp3) is 0.500. The van der Waals surface area contributed by atoms with Gasteiger partial charge in [0.2, 0.25) is 10.0 Å². The van der Waals surface area contributed by atoms with Gasteiger partial charge in [-0.05, 0) is 56.2 Å². The Balaban J connectivity index is 1.50. The number of hydrogen-bond donors (Lipinski definition) is 0. The summed E-state index contributed by atoms with van der Waals surface area (Å²) in [5.74, 6) is 0.176. The first-order chi connectivity index (χ1) is 13.4. The molecule has 152 valence electrons. The number of hydrogen-bond acceptors (Lipinski definition) is 5. The van der Waals surface area contributed by atoms with Crippen LogP contribution < -0.4 is 0 Å². The number of benzene rings is 1. The van der Waals surface area contributed by atoms with E-state index in [0.29, 0.717) is 31.1 Å². The molecule has 0 unspecified atom stereocenters. The largest absolute Gasteiger partial charge is 0.465 e. The summed E-state index contributed by atoms with van der Waals surface area (Å²) in [6, 6.07) is 7.48. The molecule has 0 saturated carbocycles. The van der Waals surface area contributed by atoms with Crippen LogP contribution in [-0.4, -0.2) is 48.7 Å². The van der Waals surface area contributed by atoms with Crippen LogP contribution in [0.4, 0.5) is 0 Å². The standard InChI is InChI=1S/C20H27N3O4S/c1-3-22-15-19(14-21-22)28(25,26)23-12-10-17(11-13-23)5-4-16-6-8-18(9-7-16)20(24)27-2/h6-9,14-15,17H,3-5,10-13H2,1-2H3. The third-order valence-electron chi connectivity index (χ3n) is 5.36. The van der Waals surface area contributed by atoms with E-state index in [9.17, 15) is 13.2 Å². The molecule has 2 aromatic rings. The van der Waals surface area contributed by atoms with E-state index in [1.54, 1.807) is 27.3 Å². The van der Waals surface area contributed by atoms with E-state index in [4.69, 9.17) is 4.74 Å². The van der Waals surface area contributed by atoms with Crippen molar-refractivity contribution in [2.45, 2.75) is 44.0 Å². The minimum atomic E-state index is -3.45. The van der Waals surface area contributed by atoms with E-state index in [2.05, 4.69) is 5.10 Å². The molecular weight excluding hydrogens is 378 g/mol. The van der Waals surface area contributed by atoms with Gasteiger partial charge in [0.1, 0.15) is 4.90 Å². The number of ether oxygens (including phenoxy) is 1. The number of aromatic nitrogens is 2. The summed E-state index contributed by atoms with van der Waals surface area (Å²) in [6.07, 6.45) is 6.69. The summed E-state index contributed by atoms with van der Waals surface area (Å²) in [7, 11) is -2.08. The number of carbonyl (C=O) groups excluding carboxylic acids is 1. The molecule has 0 aliphatic carbocycles. The van der Waals surface area contributed by atoms with E-state index in [1.807, 2.05) is 19.1 Å². The Bertz CT molecular complexity index is 898. The highest BCUT2D eigenvalue weighted by atomic mass is 32.2. The van der Waals surface area contributed by atoms with Gasteiger partial charge in [-0.15, -0.1) is 0 Å². The Morgan fingerprint density at radius 3 is 2.46 bits per heavy atom. The Hall–Kier alpha value is -2.19. The summed E-state index contributed by atoms with van der Waals surface area (Å²) in [6.45, 7) is 3.67. The van der Waals surface area contributed by atoms with Crippen molar-refractivity contribution in [3.63, 3.8) is 0 Å². The molecule has 28 heavy (non-hydrogen) atoms. The molecule has 8 heteroatoms. The summed E-state index contributed by atoms with van der Waals surface area (Å²) in [4.78, 5) is 11.8. The van der Waals surface area contributed by atoms with E-state index in [-0.39, 0.29) is 10.9 Å². The molecule has 7 nitrogen and oxygen atoms in total. The van der Waals surface area contributed by atoms with Crippen LogP contribution in [0.15, 0.2) is 41.6 Å². The quantitative estimate of drug-likeness (QED) is 0.662. The third kappa shape index (κ3) is 4.62. The smallest absolute Gasteiger partial charge is 0.337 e. The van der Waals surface area contributed by atoms with Gasteiger partial charge in [-0.2, -0.15) is 9.40 Å². The summed E-state index contributed by atoms with van der Waals surface area (Å²) >= 11 is 0. The van der Waals surface area contributed by atoms with E-state index in [1.165, 1.54) is 18.9 Å². The van der Waals surface area contributed by atoms with Crippen LogP contribution in [0.25, 0.3) is 0 Å². The molecule has 2 heterocycles. The van der Waals surface area contributed by atoms with Crippen LogP contribution in [0.3, 0.4) is 0 Å². The molecule has 0 spiro atoms. The Labute approximate surface area is 166 Å². The molecule has 0 atom stereocenters. The Morgan fingerprint density at radius 2 is 1.89 bits per heavy atom. The predicted octanol–water partition coefficient (Wildman–Crippen LogP) is 2.72. The maximum absolute atomic E-state index is 12.7. The molecule has 0 bridgehead atoms. The molecule has 1 aliphatic rings. The fourth-order valence-corrected chi connectivity index (χ4v) is 4.96. The molecule has 0 radical (unpaired) electrons. The Morgan fingerprint density at radius 1 is 1.21 bits per heavy atom. The molecule has 1 saturated heterocycles. The lowest BCUT2D eigenvalue weighted by atomic mass is 9.91. The Kier molecular flexibility index (Phi) is 6.51. The second kappa shape index (κ2) is 8.87. The van der Waals surface area contributed by atoms with Gasteiger partial charge >= 0.3 is 5.97 Å². The fourth-order valence-electron chi connectivity index (χ4n) is 3.53. The summed E-state index contributed by atoms with van der Waals surface area (Å²) in [5, 5.41) is 4.08. The van der Waals surface area contributed by atoms with Crippen molar-refractivity contribution < 1.29 is 17.9 Å². The number of rotatable bonds is 7. The molecule has 0 amide bonds. The van der Waals surface area contributed by atoms with Gasteiger partial charge < -0.3 is 4.74 Å². The van der Waals surface area contributed by atoms with Crippen molar-refractivity contribution in [2.75, 3.05) is 20.2 Å². The van der Waals surface area contributed by atoms with Gasteiger partial charge in [-0.3, -0.25) is 4.68 Å². The maximum Gasteiger partial charge on any atom is 0.337 e. The molecule has 1 aromatic carbocycles. The SMILES string of the molecule is CCn1cc(S(=O)(=O)N2CCC(CCc3ccc(C(=O)OC)cc3)CC2)cn1. The first-order valence-electron chi connectivity index (χ1n) is 9.64. The van der Waals surface area contributed by atoms with Crippen LogP contribution in [0, 0.1) is 5.92 Å². The van der Waals surface area contributed by atoms with Gasteiger partial charge in [-0.1, -0.05) is 12.1 Å². The zero-order valence-corrected chi connectivity index (χ0v) is 17.2. The first-order valence-corrected chi connectivity index (χ1v) is 11.1. The second-order valence-electron chi connectivity index (χ2n) is 7.11. The van der Waals surface area contributed by atoms with Crippen molar-refractivity contribution in [3.05, 3.63) is 47.8 Å². The zero-order chi connectivity index (χ0) is 20.1. The van der Waals surface area contributed by atoms with Gasteiger partial charge in [0.05, 0.1) is 18.9 Å². The maximum atomic E-state index is 12.7. The second-order valence-corrected chi connectivity index (χ2v) is 9.04. The van der Waals surface area contributed by atoms with Gasteiger partial charge in [0.25, 0.3) is 0 Å². The lowest BCUT2D eigenvalue weighted by Gasteiger charge is -2.30. The summed E-state index contributed by atoms with van der Waals surface area (Å²) < 4.78 is 33.4. The lowest BCUT2D eigenvalue weighted by molar-refractivity contribution is 0.0600. The normalized spacial score (nSPS) is 16.2. The van der Waals surface area contributed by atoms with Gasteiger partial charge in [-0.25, -0.2) is 13.2 Å². The summed E-state index contributed by atoms with van der Waals surface area (Å²) in [5.41, 5.74) is 1.73. The number of aryl methyl sites for hydroxylation is 2. The molecular formula is C20H27N3O4S. The monoisotopic (exact) mass is 405 g/mol. The van der Waals surface area contributed by atoms with E-state index in [0.717, 1.165) is 25.7 Å². The molecule has 3 rings (SSSR count). The van der Waals surface area contributed by atoms with Crippen molar-refractivity contribution in [1.29, 1.82) is 0 Å². The van der Waals surface area contributed by atoms with Crippen molar-refractivity contribution in [3.8, 4) is 0 Å². The van der Waals surface area contributed by atoms with E-state index < -0.39 is 10.0 Å². The number of methoxy groups -OCH3 is 1. The number of carbonyl (C=O) groups is 1. The number of piperidine rings is 1. The molecule has 1 fully saturated rings. The van der Waals surface area contributed by atoms with Crippen LogP contribution in [-0.2, 0) is 27.7 Å². The average molecular weight is 406 g/mol. The number of sulfonamides is 1. The van der Waals surface area contributed by atoms with E-state index >= 15 is 0 Å². The highest BCUT2D eigenvalue weighted by molar-refractivity contribution is 7.89. The molecule has 1 aliphatic heterocycles. The topological polar surface area (TPSA) is 81.5 Å². The van der Waals surface area contributed by atoms with Crippen molar-refractivity contribution >= 4 is 16.0 Å². The minimum Gasteiger partial charge on any atom is -0.465 e. The van der Waals surface area contributed by atoms with Gasteiger partial charge in [0.15, 0.2) is 0 Å². The molecule has 1 aromatic heterocycles. The lowest BCUT2D eigenvalue weighted by Crippen LogP contribution is -2.38. The highest BCUT2D eigenvalue weighted by Gasteiger charge is 2.30.